The Morgan fingerprint density at radius 1 is 1.61 bits per heavy atom. The molecule has 0 spiro atoms. The van der Waals surface area contributed by atoms with Crippen molar-refractivity contribution in [1.29, 1.82) is 0 Å². The summed E-state index contributed by atoms with van der Waals surface area (Å²) in [7, 11) is 0. The quantitative estimate of drug-likeness (QED) is 0.915. The van der Waals surface area contributed by atoms with E-state index < -0.39 is 5.97 Å². The third kappa shape index (κ3) is 3.15. The van der Waals surface area contributed by atoms with Crippen LogP contribution >= 0.6 is 11.6 Å². The number of ether oxygens (including phenoxy) is 1. The lowest BCUT2D eigenvalue weighted by atomic mass is 10.1. The number of carboxylic acids is 1. The zero-order chi connectivity index (χ0) is 13.1. The number of carboxylic acid groups (broad SMARTS) is 1. The van der Waals surface area contributed by atoms with Crippen molar-refractivity contribution in [3.8, 4) is 0 Å². The van der Waals surface area contributed by atoms with Gasteiger partial charge in [0.1, 0.15) is 0 Å². The Kier molecular flexibility index (Phi) is 4.09. The fraction of sp³-hybridized carbons (Fsp3) is 0.462. The molecule has 0 radical (unpaired) electrons. The molecule has 1 heterocycles. The van der Waals surface area contributed by atoms with Crippen LogP contribution in [0, 0.1) is 6.92 Å². The van der Waals surface area contributed by atoms with Crippen molar-refractivity contribution in [2.75, 3.05) is 24.6 Å². The molecule has 1 aromatic carbocycles. The summed E-state index contributed by atoms with van der Waals surface area (Å²) in [6, 6.07) is 5.74. The van der Waals surface area contributed by atoms with Gasteiger partial charge in [-0.1, -0.05) is 17.7 Å². The molecule has 4 nitrogen and oxygen atoms in total. The van der Waals surface area contributed by atoms with Crippen molar-refractivity contribution < 1.29 is 14.6 Å². The fourth-order valence-electron chi connectivity index (χ4n) is 2.18. The molecule has 0 aliphatic carbocycles. The number of morpholine rings is 1. The first-order chi connectivity index (χ1) is 8.56. The fourth-order valence-corrected chi connectivity index (χ4v) is 2.35. The SMILES string of the molecule is Cc1ccc(Cl)cc1N1CCOC(CC(=O)O)C1. The highest BCUT2D eigenvalue weighted by Gasteiger charge is 2.23. The van der Waals surface area contributed by atoms with Crippen LogP contribution in [0.4, 0.5) is 5.69 Å². The van der Waals surface area contributed by atoms with Gasteiger partial charge in [0.15, 0.2) is 0 Å². The van der Waals surface area contributed by atoms with E-state index in [9.17, 15) is 4.79 Å². The summed E-state index contributed by atoms with van der Waals surface area (Å²) in [5, 5.41) is 9.49. The number of benzene rings is 1. The molecule has 2 rings (SSSR count). The molecular formula is C13H16ClNO3. The average Bonchev–Trinajstić information content (AvgIpc) is 2.32. The van der Waals surface area contributed by atoms with E-state index in [4.69, 9.17) is 21.4 Å². The molecular weight excluding hydrogens is 254 g/mol. The number of nitrogens with zero attached hydrogens (tertiary/aromatic N) is 1. The van der Waals surface area contributed by atoms with Crippen molar-refractivity contribution >= 4 is 23.3 Å². The molecule has 1 aliphatic rings. The molecule has 0 amide bonds. The molecule has 1 N–H and O–H groups in total. The average molecular weight is 270 g/mol. The summed E-state index contributed by atoms with van der Waals surface area (Å²) in [4.78, 5) is 12.8. The van der Waals surface area contributed by atoms with Crippen LogP contribution in [-0.4, -0.2) is 36.9 Å². The second kappa shape index (κ2) is 5.59. The molecule has 1 fully saturated rings. The Balaban J connectivity index is 2.12. The first kappa shape index (κ1) is 13.2. The third-order valence-corrected chi connectivity index (χ3v) is 3.29. The van der Waals surface area contributed by atoms with Gasteiger partial charge in [-0.3, -0.25) is 4.79 Å². The molecule has 0 bridgehead atoms. The Morgan fingerprint density at radius 3 is 3.11 bits per heavy atom. The van der Waals surface area contributed by atoms with Gasteiger partial charge in [0, 0.05) is 23.8 Å². The largest absolute Gasteiger partial charge is 0.481 e. The molecule has 1 saturated heterocycles. The van der Waals surface area contributed by atoms with E-state index in [2.05, 4.69) is 4.90 Å². The number of aryl methyl sites for hydroxylation is 1. The second-order valence-electron chi connectivity index (χ2n) is 4.47. The van der Waals surface area contributed by atoms with Gasteiger partial charge in [-0.2, -0.15) is 0 Å². The summed E-state index contributed by atoms with van der Waals surface area (Å²) >= 11 is 6.00. The topological polar surface area (TPSA) is 49.8 Å². The van der Waals surface area contributed by atoms with Gasteiger partial charge >= 0.3 is 5.97 Å². The van der Waals surface area contributed by atoms with E-state index in [0.29, 0.717) is 18.2 Å². The Labute approximate surface area is 111 Å². The third-order valence-electron chi connectivity index (χ3n) is 3.05. The maximum Gasteiger partial charge on any atom is 0.306 e. The lowest BCUT2D eigenvalue weighted by Gasteiger charge is -2.35. The van der Waals surface area contributed by atoms with Crippen LogP contribution in [0.2, 0.25) is 5.02 Å². The Morgan fingerprint density at radius 2 is 2.39 bits per heavy atom. The van der Waals surface area contributed by atoms with E-state index in [0.717, 1.165) is 17.8 Å². The van der Waals surface area contributed by atoms with Gasteiger partial charge < -0.3 is 14.7 Å². The van der Waals surface area contributed by atoms with Gasteiger partial charge in [-0.25, -0.2) is 0 Å². The van der Waals surface area contributed by atoms with Gasteiger partial charge in [0.25, 0.3) is 0 Å². The van der Waals surface area contributed by atoms with Crippen molar-refractivity contribution in [3.05, 3.63) is 28.8 Å². The number of carbonyl (C=O) groups is 1. The monoisotopic (exact) mass is 269 g/mol. The lowest BCUT2D eigenvalue weighted by Crippen LogP contribution is -2.43. The zero-order valence-corrected chi connectivity index (χ0v) is 11.0. The maximum absolute atomic E-state index is 10.7. The van der Waals surface area contributed by atoms with Gasteiger partial charge in [-0.05, 0) is 24.6 Å². The molecule has 5 heteroatoms. The predicted molar refractivity (Wildman–Crippen MR) is 70.4 cm³/mol. The summed E-state index contributed by atoms with van der Waals surface area (Å²) in [6.07, 6.45) is -0.217. The molecule has 98 valence electrons. The van der Waals surface area contributed by atoms with Crippen LogP contribution in [-0.2, 0) is 9.53 Å². The van der Waals surface area contributed by atoms with E-state index in [1.807, 2.05) is 25.1 Å². The summed E-state index contributed by atoms with van der Waals surface area (Å²) < 4.78 is 5.46. The van der Waals surface area contributed by atoms with Crippen molar-refractivity contribution in [2.45, 2.75) is 19.4 Å². The second-order valence-corrected chi connectivity index (χ2v) is 4.90. The molecule has 0 aromatic heterocycles. The molecule has 1 atom stereocenters. The van der Waals surface area contributed by atoms with Gasteiger partial charge in [0.05, 0.1) is 19.1 Å². The molecule has 1 aromatic rings. The minimum Gasteiger partial charge on any atom is -0.481 e. The standard InChI is InChI=1S/C13H16ClNO3/c1-9-2-3-10(14)6-12(9)15-4-5-18-11(8-15)7-13(16)17/h2-3,6,11H,4-5,7-8H2,1H3,(H,16,17). The van der Waals surface area contributed by atoms with Crippen LogP contribution in [0.15, 0.2) is 18.2 Å². The number of halogens is 1. The molecule has 1 aliphatic heterocycles. The van der Waals surface area contributed by atoms with E-state index in [1.165, 1.54) is 0 Å². The van der Waals surface area contributed by atoms with E-state index in [-0.39, 0.29) is 12.5 Å². The summed E-state index contributed by atoms with van der Waals surface area (Å²) in [6.45, 7) is 3.92. The van der Waals surface area contributed by atoms with Crippen LogP contribution in [0.3, 0.4) is 0 Å². The molecule has 0 saturated carbocycles. The van der Waals surface area contributed by atoms with E-state index >= 15 is 0 Å². The highest BCUT2D eigenvalue weighted by molar-refractivity contribution is 6.30. The summed E-state index contributed by atoms with van der Waals surface area (Å²) in [5.41, 5.74) is 2.19. The number of rotatable bonds is 3. The van der Waals surface area contributed by atoms with Crippen molar-refractivity contribution in [3.63, 3.8) is 0 Å². The van der Waals surface area contributed by atoms with Crippen molar-refractivity contribution in [2.24, 2.45) is 0 Å². The van der Waals surface area contributed by atoms with Crippen LogP contribution in [0.5, 0.6) is 0 Å². The first-order valence-electron chi connectivity index (χ1n) is 5.91. The number of hydrogen-bond acceptors (Lipinski definition) is 3. The van der Waals surface area contributed by atoms with Crippen molar-refractivity contribution in [1.82, 2.24) is 0 Å². The maximum atomic E-state index is 10.7. The van der Waals surface area contributed by atoms with Crippen LogP contribution in [0.25, 0.3) is 0 Å². The Hall–Kier alpha value is -1.26. The van der Waals surface area contributed by atoms with E-state index in [1.54, 1.807) is 0 Å². The predicted octanol–water partition coefficient (Wildman–Crippen LogP) is 2.33. The Bertz CT molecular complexity index is 450. The normalized spacial score (nSPS) is 19.9. The smallest absolute Gasteiger partial charge is 0.306 e. The molecule has 18 heavy (non-hydrogen) atoms. The first-order valence-corrected chi connectivity index (χ1v) is 6.28. The lowest BCUT2D eigenvalue weighted by molar-refractivity contribution is -0.140. The summed E-state index contributed by atoms with van der Waals surface area (Å²) in [5.74, 6) is -0.829. The number of hydrogen-bond donors (Lipinski definition) is 1. The van der Waals surface area contributed by atoms with Gasteiger partial charge in [0.2, 0.25) is 0 Å². The minimum absolute atomic E-state index is 0.0378. The number of anilines is 1. The highest BCUT2D eigenvalue weighted by atomic mass is 35.5. The van der Waals surface area contributed by atoms with Crippen LogP contribution in [0.1, 0.15) is 12.0 Å². The number of aliphatic carboxylic acids is 1. The molecule has 1 unspecified atom stereocenters. The van der Waals surface area contributed by atoms with Gasteiger partial charge in [-0.15, -0.1) is 0 Å². The highest BCUT2D eigenvalue weighted by Crippen LogP contribution is 2.26. The zero-order valence-electron chi connectivity index (χ0n) is 10.2. The minimum atomic E-state index is -0.829. The van der Waals surface area contributed by atoms with Crippen LogP contribution < -0.4 is 4.90 Å².